The van der Waals surface area contributed by atoms with Gasteiger partial charge in [-0.1, -0.05) is 33.6 Å². The lowest BCUT2D eigenvalue weighted by Crippen LogP contribution is -2.10. The Labute approximate surface area is 97.2 Å². The summed E-state index contributed by atoms with van der Waals surface area (Å²) >= 11 is 9.35. The molecule has 1 aliphatic rings. The largest absolute Gasteiger partial charge is 0.396 e. The fourth-order valence-corrected chi connectivity index (χ4v) is 2.46. The van der Waals surface area contributed by atoms with Gasteiger partial charge in [-0.3, -0.25) is 0 Å². The maximum Gasteiger partial charge on any atom is 0.0490 e. The maximum atomic E-state index is 9.22. The van der Waals surface area contributed by atoms with Gasteiger partial charge in [0.05, 0.1) is 0 Å². The first-order valence-electron chi connectivity index (χ1n) is 4.70. The zero-order chi connectivity index (χ0) is 10.2. The Morgan fingerprint density at radius 1 is 1.43 bits per heavy atom. The number of aliphatic hydroxyl groups is 1. The van der Waals surface area contributed by atoms with Gasteiger partial charge in [0.1, 0.15) is 0 Å². The van der Waals surface area contributed by atoms with Crippen molar-refractivity contribution < 1.29 is 5.11 Å². The summed E-state index contributed by atoms with van der Waals surface area (Å²) in [5, 5.41) is 9.97. The minimum absolute atomic E-state index is 0.163. The molecule has 0 spiro atoms. The molecule has 2 rings (SSSR count). The van der Waals surface area contributed by atoms with E-state index in [4.69, 9.17) is 11.6 Å². The van der Waals surface area contributed by atoms with Crippen LogP contribution in [-0.4, -0.2) is 11.7 Å². The Morgan fingerprint density at radius 2 is 2.14 bits per heavy atom. The fourth-order valence-electron chi connectivity index (χ4n) is 1.64. The average Bonchev–Trinajstić information content (AvgIpc) is 2.91. The summed E-state index contributed by atoms with van der Waals surface area (Å²) < 4.78 is 1.05. The highest BCUT2D eigenvalue weighted by atomic mass is 79.9. The summed E-state index contributed by atoms with van der Waals surface area (Å²) in [6.45, 7) is 0.294. The maximum absolute atomic E-state index is 9.22. The quantitative estimate of drug-likeness (QED) is 0.896. The minimum atomic E-state index is 0.163. The Kier molecular flexibility index (Phi) is 2.87. The number of hydrogen-bond acceptors (Lipinski definition) is 1. The molecular weight excluding hydrogens is 263 g/mol. The van der Waals surface area contributed by atoms with Gasteiger partial charge in [-0.15, -0.1) is 0 Å². The zero-order valence-corrected chi connectivity index (χ0v) is 10.1. The van der Waals surface area contributed by atoms with E-state index in [0.717, 1.165) is 28.8 Å². The molecule has 1 aliphatic carbocycles. The van der Waals surface area contributed by atoms with E-state index >= 15 is 0 Å². The van der Waals surface area contributed by atoms with Crippen LogP contribution >= 0.6 is 27.5 Å². The van der Waals surface area contributed by atoms with Crippen molar-refractivity contribution in [2.75, 3.05) is 6.61 Å². The molecule has 1 aromatic rings. The van der Waals surface area contributed by atoms with E-state index in [2.05, 4.69) is 15.9 Å². The second kappa shape index (κ2) is 3.84. The standard InChI is InChI=1S/C11H12BrClO/c12-10-5-9(13)2-1-8(10)6-11(7-14)3-4-11/h1-2,5,14H,3-4,6-7H2. The van der Waals surface area contributed by atoms with E-state index in [9.17, 15) is 5.11 Å². The van der Waals surface area contributed by atoms with E-state index in [0.29, 0.717) is 6.61 Å². The first-order chi connectivity index (χ1) is 6.65. The predicted octanol–water partition coefficient (Wildman–Crippen LogP) is 3.42. The summed E-state index contributed by atoms with van der Waals surface area (Å²) in [7, 11) is 0. The molecule has 0 atom stereocenters. The monoisotopic (exact) mass is 274 g/mol. The number of hydrogen-bond donors (Lipinski definition) is 1. The number of aliphatic hydroxyl groups excluding tert-OH is 1. The molecule has 76 valence electrons. The molecule has 1 N–H and O–H groups in total. The number of halogens is 2. The van der Waals surface area contributed by atoms with Gasteiger partial charge in [0, 0.05) is 16.1 Å². The Hall–Kier alpha value is -0.0500. The van der Waals surface area contributed by atoms with Crippen LogP contribution in [0.5, 0.6) is 0 Å². The summed E-state index contributed by atoms with van der Waals surface area (Å²) in [5.74, 6) is 0. The minimum Gasteiger partial charge on any atom is -0.396 e. The topological polar surface area (TPSA) is 20.2 Å². The molecule has 0 bridgehead atoms. The van der Waals surface area contributed by atoms with Gasteiger partial charge in [0.15, 0.2) is 0 Å². The highest BCUT2D eigenvalue weighted by Gasteiger charge is 2.42. The van der Waals surface area contributed by atoms with Gasteiger partial charge in [-0.25, -0.2) is 0 Å². The van der Waals surface area contributed by atoms with Crippen LogP contribution in [0.25, 0.3) is 0 Å². The molecule has 14 heavy (non-hydrogen) atoms. The molecular formula is C11H12BrClO. The van der Waals surface area contributed by atoms with Crippen molar-refractivity contribution in [3.8, 4) is 0 Å². The first kappa shape index (κ1) is 10.5. The summed E-state index contributed by atoms with van der Waals surface area (Å²) in [4.78, 5) is 0. The predicted molar refractivity (Wildman–Crippen MR) is 61.6 cm³/mol. The number of rotatable bonds is 3. The average molecular weight is 276 g/mol. The SMILES string of the molecule is OCC1(Cc2ccc(Cl)cc2Br)CC1. The van der Waals surface area contributed by atoms with Crippen molar-refractivity contribution in [2.45, 2.75) is 19.3 Å². The second-order valence-electron chi connectivity index (χ2n) is 4.07. The lowest BCUT2D eigenvalue weighted by molar-refractivity contribution is 0.211. The fraction of sp³-hybridized carbons (Fsp3) is 0.455. The Morgan fingerprint density at radius 3 is 2.64 bits per heavy atom. The molecule has 0 heterocycles. The van der Waals surface area contributed by atoms with Crippen LogP contribution in [-0.2, 0) is 6.42 Å². The molecule has 0 radical (unpaired) electrons. The third-order valence-electron chi connectivity index (χ3n) is 2.87. The van der Waals surface area contributed by atoms with Crippen molar-refractivity contribution in [3.63, 3.8) is 0 Å². The van der Waals surface area contributed by atoms with Gasteiger partial charge in [0.25, 0.3) is 0 Å². The lowest BCUT2D eigenvalue weighted by Gasteiger charge is -2.12. The van der Waals surface area contributed by atoms with Crippen LogP contribution in [0.3, 0.4) is 0 Å². The van der Waals surface area contributed by atoms with Crippen molar-refractivity contribution in [2.24, 2.45) is 5.41 Å². The van der Waals surface area contributed by atoms with E-state index < -0.39 is 0 Å². The van der Waals surface area contributed by atoms with Gasteiger partial charge >= 0.3 is 0 Å². The highest BCUT2D eigenvalue weighted by Crippen LogP contribution is 2.48. The molecule has 0 aromatic heterocycles. The highest BCUT2D eigenvalue weighted by molar-refractivity contribution is 9.10. The van der Waals surface area contributed by atoms with E-state index in [1.165, 1.54) is 5.56 Å². The summed E-state index contributed by atoms with van der Waals surface area (Å²) in [5.41, 5.74) is 1.40. The van der Waals surface area contributed by atoms with Crippen LogP contribution in [0, 0.1) is 5.41 Å². The Balaban J connectivity index is 2.17. The molecule has 0 saturated heterocycles. The third kappa shape index (κ3) is 2.13. The van der Waals surface area contributed by atoms with Gasteiger partial charge in [-0.05, 0) is 42.4 Å². The van der Waals surface area contributed by atoms with Crippen LogP contribution in [0.15, 0.2) is 22.7 Å². The van der Waals surface area contributed by atoms with Crippen molar-refractivity contribution in [3.05, 3.63) is 33.3 Å². The van der Waals surface area contributed by atoms with Gasteiger partial charge in [0.2, 0.25) is 0 Å². The van der Waals surface area contributed by atoms with Gasteiger partial charge in [-0.2, -0.15) is 0 Å². The van der Waals surface area contributed by atoms with Crippen LogP contribution in [0.2, 0.25) is 5.02 Å². The molecule has 0 aliphatic heterocycles. The normalized spacial score (nSPS) is 18.2. The summed E-state index contributed by atoms with van der Waals surface area (Å²) in [6.07, 6.45) is 3.22. The van der Waals surface area contributed by atoms with E-state index in [1.54, 1.807) is 0 Å². The van der Waals surface area contributed by atoms with Crippen molar-refractivity contribution in [1.82, 2.24) is 0 Å². The van der Waals surface area contributed by atoms with E-state index in [1.807, 2.05) is 18.2 Å². The van der Waals surface area contributed by atoms with E-state index in [-0.39, 0.29) is 5.41 Å². The van der Waals surface area contributed by atoms with Crippen LogP contribution < -0.4 is 0 Å². The van der Waals surface area contributed by atoms with Crippen LogP contribution in [0.1, 0.15) is 18.4 Å². The third-order valence-corrected chi connectivity index (χ3v) is 3.85. The Bertz CT molecular complexity index is 347. The molecule has 3 heteroatoms. The molecule has 1 aromatic carbocycles. The molecule has 0 amide bonds. The number of benzene rings is 1. The summed E-state index contributed by atoms with van der Waals surface area (Å²) in [6, 6.07) is 5.83. The van der Waals surface area contributed by atoms with Crippen LogP contribution in [0.4, 0.5) is 0 Å². The van der Waals surface area contributed by atoms with Gasteiger partial charge < -0.3 is 5.11 Å². The lowest BCUT2D eigenvalue weighted by atomic mass is 9.98. The van der Waals surface area contributed by atoms with Crippen molar-refractivity contribution in [1.29, 1.82) is 0 Å². The second-order valence-corrected chi connectivity index (χ2v) is 5.36. The molecule has 0 unspecified atom stereocenters. The molecule has 1 nitrogen and oxygen atoms in total. The zero-order valence-electron chi connectivity index (χ0n) is 7.76. The first-order valence-corrected chi connectivity index (χ1v) is 5.87. The smallest absolute Gasteiger partial charge is 0.0490 e. The van der Waals surface area contributed by atoms with Crippen molar-refractivity contribution >= 4 is 27.5 Å². The molecule has 1 saturated carbocycles. The molecule has 1 fully saturated rings.